The first-order chi connectivity index (χ1) is 19.4. The summed E-state index contributed by atoms with van der Waals surface area (Å²) in [6.45, 7) is 5.49. The summed E-state index contributed by atoms with van der Waals surface area (Å²) in [7, 11) is 0. The summed E-state index contributed by atoms with van der Waals surface area (Å²) in [5.74, 6) is 1.03. The zero-order valence-corrected chi connectivity index (χ0v) is 24.0. The molecule has 40 heavy (non-hydrogen) atoms. The zero-order chi connectivity index (χ0) is 28.1. The normalized spacial score (nSPS) is 11.0. The molecule has 6 nitrogen and oxygen atoms in total. The smallest absolute Gasteiger partial charge is 0.323 e. The number of benzene rings is 4. The number of carbonyl (C=O) groups is 1. The van der Waals surface area contributed by atoms with Gasteiger partial charge in [-0.1, -0.05) is 36.4 Å². The lowest BCUT2D eigenvalue weighted by Gasteiger charge is -2.23. The average molecular weight is 573 g/mol. The van der Waals surface area contributed by atoms with Crippen LogP contribution >= 0.6 is 23.2 Å². The minimum atomic E-state index is -0.321. The molecular formula is C32H31Cl2N5O. The molecule has 0 unspecified atom stereocenters. The van der Waals surface area contributed by atoms with E-state index in [0.717, 1.165) is 50.0 Å². The van der Waals surface area contributed by atoms with Crippen molar-refractivity contribution in [2.45, 2.75) is 13.8 Å². The molecule has 8 heteroatoms. The number of amides is 2. The number of urea groups is 1. The maximum atomic E-state index is 12.9. The van der Waals surface area contributed by atoms with Gasteiger partial charge in [0.2, 0.25) is 0 Å². The van der Waals surface area contributed by atoms with Gasteiger partial charge in [0, 0.05) is 58.4 Å². The summed E-state index contributed by atoms with van der Waals surface area (Å²) in [5, 5.41) is 11.6. The number of hydrogen-bond acceptors (Lipinski definition) is 4. The van der Waals surface area contributed by atoms with Crippen LogP contribution in [-0.4, -0.2) is 35.9 Å². The molecule has 0 fully saturated rings. The van der Waals surface area contributed by atoms with Gasteiger partial charge in [-0.15, -0.1) is 23.2 Å². The lowest BCUT2D eigenvalue weighted by atomic mass is 10.0. The minimum absolute atomic E-state index is 0.321. The number of aryl methyl sites for hydroxylation is 2. The molecule has 0 saturated carbocycles. The van der Waals surface area contributed by atoms with Crippen LogP contribution in [0.5, 0.6) is 0 Å². The van der Waals surface area contributed by atoms with Gasteiger partial charge >= 0.3 is 6.03 Å². The summed E-state index contributed by atoms with van der Waals surface area (Å²) in [6, 6.07) is 27.6. The summed E-state index contributed by atoms with van der Waals surface area (Å²) in [4.78, 5) is 19.9. The third kappa shape index (κ3) is 6.24. The van der Waals surface area contributed by atoms with Crippen molar-refractivity contribution in [3.05, 3.63) is 96.1 Å². The first-order valence-electron chi connectivity index (χ1n) is 13.2. The van der Waals surface area contributed by atoms with Gasteiger partial charge in [0.05, 0.1) is 16.7 Å². The van der Waals surface area contributed by atoms with Crippen LogP contribution in [0.3, 0.4) is 0 Å². The molecule has 2 amide bonds. The highest BCUT2D eigenvalue weighted by Crippen LogP contribution is 2.35. The molecule has 1 heterocycles. The maximum absolute atomic E-state index is 12.9. The summed E-state index contributed by atoms with van der Waals surface area (Å²) in [5.41, 5.74) is 8.27. The number of pyridine rings is 1. The third-order valence-electron chi connectivity index (χ3n) is 6.72. The average Bonchev–Trinajstić information content (AvgIpc) is 2.93. The molecule has 0 spiro atoms. The molecule has 5 rings (SSSR count). The van der Waals surface area contributed by atoms with Crippen molar-refractivity contribution in [2.75, 3.05) is 45.7 Å². The highest BCUT2D eigenvalue weighted by molar-refractivity contribution is 6.18. The number of halogens is 2. The first-order valence-corrected chi connectivity index (χ1v) is 14.2. The lowest BCUT2D eigenvalue weighted by Crippen LogP contribution is -2.27. The van der Waals surface area contributed by atoms with Gasteiger partial charge in [-0.05, 0) is 73.5 Å². The molecule has 0 radical (unpaired) electrons. The second kappa shape index (κ2) is 12.5. The van der Waals surface area contributed by atoms with Crippen LogP contribution in [-0.2, 0) is 0 Å². The van der Waals surface area contributed by atoms with Crippen LogP contribution in [0, 0.1) is 13.8 Å². The van der Waals surface area contributed by atoms with Crippen LogP contribution in [0.2, 0.25) is 0 Å². The van der Waals surface area contributed by atoms with E-state index in [0.29, 0.717) is 36.2 Å². The monoisotopic (exact) mass is 571 g/mol. The SMILES string of the molecule is Cc1cc(NC(=O)Nc2ccc(N(CCCl)CCCl)cc2)cc(Nc2c3ccccc3nc3c(C)cccc23)c1. The Morgan fingerprint density at radius 1 is 0.775 bits per heavy atom. The molecule has 3 N–H and O–H groups in total. The molecule has 4 aromatic carbocycles. The fraction of sp³-hybridized carbons (Fsp3) is 0.188. The Morgan fingerprint density at radius 3 is 2.20 bits per heavy atom. The number of nitrogens with one attached hydrogen (secondary N) is 3. The van der Waals surface area contributed by atoms with E-state index in [1.165, 1.54) is 0 Å². The Hall–Kier alpha value is -4.00. The van der Waals surface area contributed by atoms with Crippen molar-refractivity contribution < 1.29 is 4.79 Å². The molecule has 1 aromatic heterocycles. The highest BCUT2D eigenvalue weighted by atomic mass is 35.5. The van der Waals surface area contributed by atoms with Gasteiger partial charge in [0.1, 0.15) is 0 Å². The quantitative estimate of drug-likeness (QED) is 0.122. The number of aromatic nitrogens is 1. The van der Waals surface area contributed by atoms with Crippen molar-refractivity contribution in [2.24, 2.45) is 0 Å². The Morgan fingerprint density at radius 2 is 1.45 bits per heavy atom. The summed E-state index contributed by atoms with van der Waals surface area (Å²) >= 11 is 11.9. The Balaban J connectivity index is 1.36. The van der Waals surface area contributed by atoms with Crippen molar-refractivity contribution in [1.29, 1.82) is 0 Å². The van der Waals surface area contributed by atoms with Gasteiger partial charge in [0.25, 0.3) is 0 Å². The van der Waals surface area contributed by atoms with Crippen molar-refractivity contribution in [3.63, 3.8) is 0 Å². The largest absolute Gasteiger partial charge is 0.369 e. The lowest BCUT2D eigenvalue weighted by molar-refractivity contribution is 0.262. The van der Waals surface area contributed by atoms with Gasteiger partial charge in [0.15, 0.2) is 0 Å². The standard InChI is InChI=1S/C32H31Cl2N5O/c1-21-18-24(35-31-27-7-3-4-9-29(27)38-30-22(2)6-5-8-28(30)31)20-25(19-21)37-32(40)36-23-10-12-26(13-11-23)39(16-14-33)17-15-34/h3-13,18-20H,14-17H2,1-2H3,(H,35,38)(H2,36,37,40). The number of anilines is 5. The zero-order valence-electron chi connectivity index (χ0n) is 22.5. The molecule has 5 aromatic rings. The Bertz CT molecular complexity index is 1650. The number of nitrogens with zero attached hydrogens (tertiary/aromatic N) is 2. The van der Waals surface area contributed by atoms with Crippen LogP contribution in [0.1, 0.15) is 11.1 Å². The Kier molecular flexibility index (Phi) is 8.58. The third-order valence-corrected chi connectivity index (χ3v) is 7.05. The van der Waals surface area contributed by atoms with E-state index in [-0.39, 0.29) is 6.03 Å². The number of alkyl halides is 2. The maximum Gasteiger partial charge on any atom is 0.323 e. The number of fused-ring (bicyclic) bond motifs is 2. The van der Waals surface area contributed by atoms with E-state index in [9.17, 15) is 4.79 Å². The molecule has 0 bridgehead atoms. The number of para-hydroxylation sites is 2. The molecular weight excluding hydrogens is 541 g/mol. The minimum Gasteiger partial charge on any atom is -0.369 e. The van der Waals surface area contributed by atoms with Crippen molar-refractivity contribution in [3.8, 4) is 0 Å². The van der Waals surface area contributed by atoms with Crippen LogP contribution in [0.4, 0.5) is 33.2 Å². The van der Waals surface area contributed by atoms with Crippen molar-refractivity contribution >= 4 is 79.5 Å². The number of hydrogen-bond donors (Lipinski definition) is 3. The predicted molar refractivity (Wildman–Crippen MR) is 171 cm³/mol. The second-order valence-electron chi connectivity index (χ2n) is 9.68. The topological polar surface area (TPSA) is 69.3 Å². The van der Waals surface area contributed by atoms with E-state index < -0.39 is 0 Å². The molecule has 0 aliphatic rings. The van der Waals surface area contributed by atoms with Gasteiger partial charge in [-0.3, -0.25) is 0 Å². The molecule has 0 aliphatic carbocycles. The number of carbonyl (C=O) groups excluding carboxylic acids is 1. The predicted octanol–water partition coefficient (Wildman–Crippen LogP) is 8.68. The van der Waals surface area contributed by atoms with E-state index in [1.54, 1.807) is 0 Å². The fourth-order valence-corrected chi connectivity index (χ4v) is 5.29. The van der Waals surface area contributed by atoms with E-state index in [2.05, 4.69) is 52.0 Å². The molecule has 0 aliphatic heterocycles. The van der Waals surface area contributed by atoms with E-state index >= 15 is 0 Å². The van der Waals surface area contributed by atoms with Crippen LogP contribution in [0.25, 0.3) is 21.8 Å². The summed E-state index contributed by atoms with van der Waals surface area (Å²) in [6.07, 6.45) is 0. The van der Waals surface area contributed by atoms with Crippen LogP contribution in [0.15, 0.2) is 84.9 Å². The number of rotatable bonds is 9. The summed E-state index contributed by atoms with van der Waals surface area (Å²) < 4.78 is 0. The van der Waals surface area contributed by atoms with E-state index in [1.807, 2.05) is 67.6 Å². The van der Waals surface area contributed by atoms with Gasteiger partial charge in [-0.25, -0.2) is 9.78 Å². The highest BCUT2D eigenvalue weighted by Gasteiger charge is 2.12. The second-order valence-corrected chi connectivity index (χ2v) is 10.4. The molecule has 0 atom stereocenters. The first kappa shape index (κ1) is 27.6. The Labute approximate surface area is 244 Å². The molecule has 0 saturated heterocycles. The van der Waals surface area contributed by atoms with Crippen molar-refractivity contribution in [1.82, 2.24) is 4.98 Å². The fourth-order valence-electron chi connectivity index (χ4n) is 4.89. The van der Waals surface area contributed by atoms with E-state index in [4.69, 9.17) is 28.2 Å². The van der Waals surface area contributed by atoms with Crippen LogP contribution < -0.4 is 20.9 Å². The molecule has 204 valence electrons. The van der Waals surface area contributed by atoms with Gasteiger partial charge in [-0.2, -0.15) is 0 Å². The van der Waals surface area contributed by atoms with Gasteiger partial charge < -0.3 is 20.9 Å².